The predicted molar refractivity (Wildman–Crippen MR) is 103 cm³/mol. The first-order valence-electron chi connectivity index (χ1n) is 9.05. The number of amides is 1. The van der Waals surface area contributed by atoms with Crippen LogP contribution in [0.4, 0.5) is 4.79 Å². The maximum absolute atomic E-state index is 12.2. The van der Waals surface area contributed by atoms with Crippen LogP contribution in [0.2, 0.25) is 0 Å². The van der Waals surface area contributed by atoms with Gasteiger partial charge in [-0.3, -0.25) is 4.98 Å². The highest BCUT2D eigenvalue weighted by Crippen LogP contribution is 2.22. The second-order valence-corrected chi connectivity index (χ2v) is 7.45. The number of rotatable bonds is 3. The molecular weight excluding hydrogens is 340 g/mol. The third kappa shape index (κ3) is 5.49. The van der Waals surface area contributed by atoms with Gasteiger partial charge in [0.1, 0.15) is 18.0 Å². The molecule has 27 heavy (non-hydrogen) atoms. The van der Waals surface area contributed by atoms with E-state index in [1.54, 1.807) is 17.3 Å². The molecule has 1 aromatic carbocycles. The molecule has 140 valence electrons. The van der Waals surface area contributed by atoms with Gasteiger partial charge < -0.3 is 14.4 Å². The Morgan fingerprint density at radius 2 is 1.93 bits per heavy atom. The van der Waals surface area contributed by atoms with E-state index in [9.17, 15) is 4.79 Å². The topological polar surface area (TPSA) is 51.7 Å². The van der Waals surface area contributed by atoms with Crippen molar-refractivity contribution >= 4 is 6.09 Å². The molecule has 0 saturated carbocycles. The zero-order valence-corrected chi connectivity index (χ0v) is 15.9. The molecule has 2 aromatic rings. The van der Waals surface area contributed by atoms with Gasteiger partial charge in [0.05, 0.1) is 12.2 Å². The Bertz CT molecular complexity index is 847. The number of hydrogen-bond donors (Lipinski definition) is 0. The van der Waals surface area contributed by atoms with Crippen molar-refractivity contribution in [2.24, 2.45) is 0 Å². The molecule has 0 bridgehead atoms. The zero-order valence-electron chi connectivity index (χ0n) is 15.9. The molecule has 1 saturated heterocycles. The van der Waals surface area contributed by atoms with E-state index in [-0.39, 0.29) is 12.1 Å². The summed E-state index contributed by atoms with van der Waals surface area (Å²) in [6, 6.07) is 11.7. The summed E-state index contributed by atoms with van der Waals surface area (Å²) < 4.78 is 11.3. The summed E-state index contributed by atoms with van der Waals surface area (Å²) in [5.74, 6) is 6.84. The second kappa shape index (κ2) is 8.13. The lowest BCUT2D eigenvalue weighted by Gasteiger charge is -2.40. The van der Waals surface area contributed by atoms with Crippen molar-refractivity contribution in [3.8, 4) is 17.6 Å². The van der Waals surface area contributed by atoms with E-state index in [1.807, 2.05) is 57.2 Å². The van der Waals surface area contributed by atoms with Crippen LogP contribution >= 0.6 is 0 Å². The van der Waals surface area contributed by atoms with E-state index >= 15 is 0 Å². The molecule has 0 N–H and O–H groups in total. The van der Waals surface area contributed by atoms with Crippen LogP contribution in [-0.4, -0.2) is 40.8 Å². The highest BCUT2D eigenvalue weighted by atomic mass is 16.6. The summed E-state index contributed by atoms with van der Waals surface area (Å²) in [5, 5.41) is 0. The molecule has 0 aliphatic carbocycles. The number of pyridine rings is 1. The number of hydrogen-bond acceptors (Lipinski definition) is 4. The summed E-state index contributed by atoms with van der Waals surface area (Å²) in [4.78, 5) is 18.0. The number of carbonyl (C=O) groups is 1. The standard InChI is InChI=1S/C22H24N2O3/c1-22(2,3)27-21(25)24-12-11-19(24)16-26-20-13-18(14-23-15-20)10-9-17-7-5-4-6-8-17/h4-8,13-15,19H,11-12,16H2,1-3H3/t19-/m0/s1. The van der Waals surface area contributed by atoms with E-state index in [2.05, 4.69) is 16.8 Å². The smallest absolute Gasteiger partial charge is 0.410 e. The van der Waals surface area contributed by atoms with Crippen LogP contribution in [0.3, 0.4) is 0 Å². The predicted octanol–water partition coefficient (Wildman–Crippen LogP) is 3.87. The Morgan fingerprint density at radius 1 is 1.19 bits per heavy atom. The van der Waals surface area contributed by atoms with Crippen molar-refractivity contribution in [3.63, 3.8) is 0 Å². The molecule has 1 amide bonds. The zero-order chi connectivity index (χ0) is 19.3. The van der Waals surface area contributed by atoms with Crippen molar-refractivity contribution in [2.75, 3.05) is 13.2 Å². The van der Waals surface area contributed by atoms with Crippen molar-refractivity contribution in [2.45, 2.75) is 38.8 Å². The maximum Gasteiger partial charge on any atom is 0.410 e. The average Bonchev–Trinajstić information content (AvgIpc) is 2.59. The van der Waals surface area contributed by atoms with E-state index in [4.69, 9.17) is 9.47 Å². The van der Waals surface area contributed by atoms with Crippen molar-refractivity contribution in [3.05, 3.63) is 59.9 Å². The van der Waals surface area contributed by atoms with Crippen LogP contribution in [0.15, 0.2) is 48.8 Å². The van der Waals surface area contributed by atoms with Crippen LogP contribution in [0.1, 0.15) is 38.3 Å². The van der Waals surface area contributed by atoms with Crippen molar-refractivity contribution in [1.82, 2.24) is 9.88 Å². The number of carbonyl (C=O) groups excluding carboxylic acids is 1. The van der Waals surface area contributed by atoms with Gasteiger partial charge >= 0.3 is 6.09 Å². The Labute approximate surface area is 160 Å². The summed E-state index contributed by atoms with van der Waals surface area (Å²) in [6.45, 7) is 6.71. The molecule has 0 spiro atoms. The summed E-state index contributed by atoms with van der Waals surface area (Å²) in [6.07, 6.45) is 3.98. The fourth-order valence-electron chi connectivity index (χ4n) is 2.60. The van der Waals surface area contributed by atoms with E-state index in [0.29, 0.717) is 18.9 Å². The lowest BCUT2D eigenvalue weighted by molar-refractivity contribution is -0.0141. The lowest BCUT2D eigenvalue weighted by Crippen LogP contribution is -2.55. The van der Waals surface area contributed by atoms with Gasteiger partial charge in [0.15, 0.2) is 0 Å². The third-order valence-corrected chi connectivity index (χ3v) is 4.05. The van der Waals surface area contributed by atoms with Gasteiger partial charge in [-0.25, -0.2) is 4.79 Å². The molecule has 1 atom stereocenters. The van der Waals surface area contributed by atoms with Gasteiger partial charge in [-0.2, -0.15) is 0 Å². The summed E-state index contributed by atoms with van der Waals surface area (Å²) in [5.41, 5.74) is 1.24. The lowest BCUT2D eigenvalue weighted by atomic mass is 10.1. The van der Waals surface area contributed by atoms with Crippen molar-refractivity contribution in [1.29, 1.82) is 0 Å². The monoisotopic (exact) mass is 364 g/mol. The second-order valence-electron chi connectivity index (χ2n) is 7.45. The van der Waals surface area contributed by atoms with Crippen LogP contribution < -0.4 is 4.74 Å². The van der Waals surface area contributed by atoms with Gasteiger partial charge in [-0.15, -0.1) is 0 Å². The van der Waals surface area contributed by atoms with Gasteiger partial charge in [-0.1, -0.05) is 30.0 Å². The molecule has 1 aromatic heterocycles. The Morgan fingerprint density at radius 3 is 2.59 bits per heavy atom. The highest BCUT2D eigenvalue weighted by Gasteiger charge is 2.35. The molecule has 0 unspecified atom stereocenters. The normalized spacial score (nSPS) is 16.0. The van der Waals surface area contributed by atoms with Crippen LogP contribution in [0.5, 0.6) is 5.75 Å². The summed E-state index contributed by atoms with van der Waals surface area (Å²) in [7, 11) is 0. The Balaban J connectivity index is 1.56. The SMILES string of the molecule is CC(C)(C)OC(=O)N1CC[C@H]1COc1cncc(C#Cc2ccccc2)c1. The number of benzene rings is 1. The molecule has 1 aliphatic heterocycles. The van der Waals surface area contributed by atoms with Gasteiger partial charge in [0.25, 0.3) is 0 Å². The summed E-state index contributed by atoms with van der Waals surface area (Å²) >= 11 is 0. The van der Waals surface area contributed by atoms with Crippen LogP contribution in [0, 0.1) is 11.8 Å². The average molecular weight is 364 g/mol. The first-order chi connectivity index (χ1) is 12.9. The van der Waals surface area contributed by atoms with Crippen molar-refractivity contribution < 1.29 is 14.3 Å². The maximum atomic E-state index is 12.2. The minimum Gasteiger partial charge on any atom is -0.490 e. The van der Waals surface area contributed by atoms with E-state index in [0.717, 1.165) is 17.5 Å². The Hall–Kier alpha value is -3.00. The quantitative estimate of drug-likeness (QED) is 0.776. The molecule has 1 fully saturated rings. The molecule has 5 heteroatoms. The number of aromatic nitrogens is 1. The fourth-order valence-corrected chi connectivity index (χ4v) is 2.60. The van der Waals surface area contributed by atoms with Gasteiger partial charge in [0.2, 0.25) is 0 Å². The largest absolute Gasteiger partial charge is 0.490 e. The van der Waals surface area contributed by atoms with Gasteiger partial charge in [0, 0.05) is 23.9 Å². The van der Waals surface area contributed by atoms with E-state index in [1.165, 1.54) is 0 Å². The van der Waals surface area contributed by atoms with Gasteiger partial charge in [-0.05, 0) is 45.4 Å². The molecule has 2 heterocycles. The molecule has 0 radical (unpaired) electrons. The van der Waals surface area contributed by atoms with Crippen LogP contribution in [-0.2, 0) is 4.74 Å². The molecule has 3 rings (SSSR count). The van der Waals surface area contributed by atoms with E-state index < -0.39 is 5.60 Å². The number of nitrogens with zero attached hydrogens (tertiary/aromatic N) is 2. The Kier molecular flexibility index (Phi) is 5.66. The first-order valence-corrected chi connectivity index (χ1v) is 9.05. The highest BCUT2D eigenvalue weighted by molar-refractivity contribution is 5.69. The van der Waals surface area contributed by atoms with Crippen LogP contribution in [0.25, 0.3) is 0 Å². The molecule has 5 nitrogen and oxygen atoms in total. The minimum atomic E-state index is -0.492. The molecule has 1 aliphatic rings. The number of likely N-dealkylation sites (tertiary alicyclic amines) is 1. The minimum absolute atomic E-state index is 0.0268. The fraction of sp³-hybridized carbons (Fsp3) is 0.364. The number of ether oxygens (including phenoxy) is 2. The first kappa shape index (κ1) is 18.8. The third-order valence-electron chi connectivity index (χ3n) is 4.05. The molecular formula is C22H24N2O3.